The van der Waals surface area contributed by atoms with Crippen molar-refractivity contribution in [2.45, 2.75) is 50.7 Å². The van der Waals surface area contributed by atoms with Crippen LogP contribution in [0.2, 0.25) is 0 Å². The molecular weight excluding hydrogens is 358 g/mol. The molecule has 0 radical (unpaired) electrons. The van der Waals surface area contributed by atoms with E-state index in [1.807, 2.05) is 30.5 Å². The van der Waals surface area contributed by atoms with Gasteiger partial charge in [0.15, 0.2) is 5.69 Å². The SMILES string of the molecule is Cc1csc(-c2ccc3c(C(=O)N[C@@H]4C[C@H]5CC[C@@H](C4)N5C)n[nH]c3c2)n1. The smallest absolute Gasteiger partial charge is 0.272 e. The van der Waals surface area contributed by atoms with Crippen LogP contribution < -0.4 is 5.32 Å². The predicted molar refractivity (Wildman–Crippen MR) is 107 cm³/mol. The number of H-pyrrole nitrogens is 1. The van der Waals surface area contributed by atoms with Gasteiger partial charge in [0.2, 0.25) is 0 Å². The van der Waals surface area contributed by atoms with Crippen LogP contribution >= 0.6 is 11.3 Å². The minimum absolute atomic E-state index is 0.0759. The molecule has 1 amide bonds. The van der Waals surface area contributed by atoms with Crippen molar-refractivity contribution in [2.75, 3.05) is 7.05 Å². The number of carbonyl (C=O) groups excluding carboxylic acids is 1. The Morgan fingerprint density at radius 1 is 1.30 bits per heavy atom. The highest BCUT2D eigenvalue weighted by Crippen LogP contribution is 2.34. The molecule has 0 unspecified atom stereocenters. The molecule has 27 heavy (non-hydrogen) atoms. The third-order valence-electron chi connectivity index (χ3n) is 6.08. The molecular formula is C20H23N5OS. The third kappa shape index (κ3) is 2.95. The summed E-state index contributed by atoms with van der Waals surface area (Å²) in [5.74, 6) is -0.0759. The zero-order valence-electron chi connectivity index (χ0n) is 15.5. The first kappa shape index (κ1) is 16.9. The van der Waals surface area contributed by atoms with Crippen LogP contribution in [0, 0.1) is 6.92 Å². The Kier molecular flexibility index (Phi) is 4.02. The number of nitrogens with zero attached hydrogens (tertiary/aromatic N) is 3. The molecule has 4 heterocycles. The molecule has 3 aromatic rings. The Bertz CT molecular complexity index is 995. The lowest BCUT2D eigenvalue weighted by atomic mass is 9.98. The van der Waals surface area contributed by atoms with Gasteiger partial charge in [0.05, 0.1) is 5.52 Å². The number of nitrogens with one attached hydrogen (secondary N) is 2. The van der Waals surface area contributed by atoms with Crippen LogP contribution in [0.3, 0.4) is 0 Å². The van der Waals surface area contributed by atoms with Crippen molar-refractivity contribution in [3.8, 4) is 10.6 Å². The fourth-order valence-electron chi connectivity index (χ4n) is 4.60. The number of rotatable bonds is 3. The van der Waals surface area contributed by atoms with Gasteiger partial charge >= 0.3 is 0 Å². The van der Waals surface area contributed by atoms with Gasteiger partial charge in [-0.3, -0.25) is 9.89 Å². The zero-order valence-corrected chi connectivity index (χ0v) is 16.3. The van der Waals surface area contributed by atoms with Crippen LogP contribution in [-0.2, 0) is 0 Å². The van der Waals surface area contributed by atoms with Crippen LogP contribution in [0.5, 0.6) is 0 Å². The molecule has 6 nitrogen and oxygen atoms in total. The van der Waals surface area contributed by atoms with Gasteiger partial charge in [-0.1, -0.05) is 6.07 Å². The van der Waals surface area contributed by atoms with Gasteiger partial charge in [0.1, 0.15) is 5.01 Å². The summed E-state index contributed by atoms with van der Waals surface area (Å²) in [4.78, 5) is 19.9. The number of carbonyl (C=O) groups is 1. The van der Waals surface area contributed by atoms with Gasteiger partial charge in [-0.2, -0.15) is 5.10 Å². The van der Waals surface area contributed by atoms with E-state index in [0.29, 0.717) is 17.8 Å². The van der Waals surface area contributed by atoms with Crippen molar-refractivity contribution in [1.29, 1.82) is 0 Å². The summed E-state index contributed by atoms with van der Waals surface area (Å²) < 4.78 is 0. The number of piperidine rings is 1. The fraction of sp³-hybridized carbons (Fsp3) is 0.450. The number of thiazole rings is 1. The highest BCUT2D eigenvalue weighted by atomic mass is 32.1. The van der Waals surface area contributed by atoms with Crippen LogP contribution in [0.25, 0.3) is 21.5 Å². The van der Waals surface area contributed by atoms with Crippen molar-refractivity contribution in [2.24, 2.45) is 0 Å². The van der Waals surface area contributed by atoms with Crippen LogP contribution in [0.4, 0.5) is 0 Å². The van der Waals surface area contributed by atoms with E-state index >= 15 is 0 Å². The first-order valence-corrected chi connectivity index (χ1v) is 10.4. The number of hydrogen-bond donors (Lipinski definition) is 2. The van der Waals surface area contributed by atoms with Crippen molar-refractivity contribution < 1.29 is 4.79 Å². The monoisotopic (exact) mass is 381 g/mol. The number of benzene rings is 1. The second kappa shape index (κ2) is 6.42. The summed E-state index contributed by atoms with van der Waals surface area (Å²) in [7, 11) is 2.21. The van der Waals surface area contributed by atoms with Gasteiger partial charge in [0, 0.05) is 40.1 Å². The highest BCUT2D eigenvalue weighted by Gasteiger charge is 2.39. The van der Waals surface area contributed by atoms with Gasteiger partial charge in [-0.15, -0.1) is 11.3 Å². The quantitative estimate of drug-likeness (QED) is 0.730. The summed E-state index contributed by atoms with van der Waals surface area (Å²) in [6.45, 7) is 1.99. The van der Waals surface area contributed by atoms with Crippen molar-refractivity contribution in [1.82, 2.24) is 25.4 Å². The number of aromatic nitrogens is 3. The molecule has 5 rings (SSSR count). The second-order valence-electron chi connectivity index (χ2n) is 7.82. The van der Waals surface area contributed by atoms with Crippen molar-refractivity contribution in [3.05, 3.63) is 35.0 Å². The third-order valence-corrected chi connectivity index (χ3v) is 7.09. The maximum absolute atomic E-state index is 12.8. The van der Waals surface area contributed by atoms with Gasteiger partial charge in [-0.05, 0) is 51.8 Å². The van der Waals surface area contributed by atoms with E-state index in [1.54, 1.807) is 11.3 Å². The van der Waals surface area contributed by atoms with E-state index in [1.165, 1.54) is 12.8 Å². The van der Waals surface area contributed by atoms with E-state index in [2.05, 4.69) is 32.4 Å². The summed E-state index contributed by atoms with van der Waals surface area (Å²) in [6.07, 6.45) is 4.57. The predicted octanol–water partition coefficient (Wildman–Crippen LogP) is 3.35. The maximum Gasteiger partial charge on any atom is 0.272 e. The molecule has 0 aliphatic carbocycles. The van der Waals surface area contributed by atoms with Gasteiger partial charge < -0.3 is 10.2 Å². The first-order valence-electron chi connectivity index (χ1n) is 9.52. The minimum Gasteiger partial charge on any atom is -0.348 e. The van der Waals surface area contributed by atoms with Crippen LogP contribution in [0.1, 0.15) is 41.9 Å². The molecule has 2 aliphatic heterocycles. The summed E-state index contributed by atoms with van der Waals surface area (Å²) >= 11 is 1.63. The molecule has 2 fully saturated rings. The van der Waals surface area contributed by atoms with Gasteiger partial charge in [0.25, 0.3) is 5.91 Å². The summed E-state index contributed by atoms with van der Waals surface area (Å²) in [5, 5.41) is 14.4. The average molecular weight is 382 g/mol. The number of aryl methyl sites for hydroxylation is 1. The topological polar surface area (TPSA) is 73.9 Å². The maximum atomic E-state index is 12.8. The Morgan fingerprint density at radius 3 is 2.78 bits per heavy atom. The normalized spacial score (nSPS) is 25.2. The average Bonchev–Trinajstić information content (AvgIpc) is 3.31. The Labute approximate surface area is 162 Å². The molecule has 0 spiro atoms. The molecule has 2 aromatic heterocycles. The number of amides is 1. The van der Waals surface area contributed by atoms with E-state index < -0.39 is 0 Å². The van der Waals surface area contributed by atoms with Crippen LogP contribution in [0.15, 0.2) is 23.6 Å². The number of aromatic amines is 1. The number of fused-ring (bicyclic) bond motifs is 3. The molecule has 2 N–H and O–H groups in total. The highest BCUT2D eigenvalue weighted by molar-refractivity contribution is 7.13. The molecule has 0 saturated carbocycles. The van der Waals surface area contributed by atoms with Crippen LogP contribution in [-0.4, -0.2) is 51.2 Å². The molecule has 1 aromatic carbocycles. The summed E-state index contributed by atoms with van der Waals surface area (Å²) in [6, 6.07) is 7.47. The Morgan fingerprint density at radius 2 is 2.07 bits per heavy atom. The molecule has 2 bridgehead atoms. The molecule has 2 aliphatic rings. The van der Waals surface area contributed by atoms with E-state index in [4.69, 9.17) is 0 Å². The lowest BCUT2D eigenvalue weighted by molar-refractivity contribution is 0.0879. The lowest BCUT2D eigenvalue weighted by Crippen LogP contribution is -2.48. The Hall–Kier alpha value is -2.25. The fourth-order valence-corrected chi connectivity index (χ4v) is 5.39. The van der Waals surface area contributed by atoms with E-state index in [0.717, 1.165) is 40.0 Å². The second-order valence-corrected chi connectivity index (χ2v) is 8.68. The molecule has 140 valence electrons. The Balaban J connectivity index is 1.36. The van der Waals surface area contributed by atoms with Gasteiger partial charge in [-0.25, -0.2) is 4.98 Å². The summed E-state index contributed by atoms with van der Waals surface area (Å²) in [5.41, 5.74) is 3.42. The van der Waals surface area contributed by atoms with Crippen molar-refractivity contribution >= 4 is 28.1 Å². The van der Waals surface area contributed by atoms with E-state index in [9.17, 15) is 4.79 Å². The van der Waals surface area contributed by atoms with Crippen molar-refractivity contribution in [3.63, 3.8) is 0 Å². The molecule has 7 heteroatoms. The minimum atomic E-state index is -0.0759. The lowest BCUT2D eigenvalue weighted by Gasteiger charge is -2.36. The zero-order chi connectivity index (χ0) is 18.5. The van der Waals surface area contributed by atoms with E-state index in [-0.39, 0.29) is 11.9 Å². The number of hydrogen-bond acceptors (Lipinski definition) is 5. The standard InChI is InChI=1S/C20H23N5OS/c1-11-10-27-20(21-11)12-3-6-16-17(7-12)23-24-18(16)19(26)22-13-8-14-4-5-15(9-13)25(14)2/h3,6-7,10,13-15H,4-5,8-9H2,1-2H3,(H,22,26)(H,23,24)/t13-,14-,15+. The molecule has 2 saturated heterocycles. The molecule has 3 atom stereocenters. The largest absolute Gasteiger partial charge is 0.348 e. The first-order chi connectivity index (χ1) is 13.1.